The summed E-state index contributed by atoms with van der Waals surface area (Å²) in [6.45, 7) is 15.1. The van der Waals surface area contributed by atoms with E-state index in [0.717, 1.165) is 0 Å². The molecule has 0 radical (unpaired) electrons. The van der Waals surface area contributed by atoms with Crippen molar-refractivity contribution in [2.75, 3.05) is 19.6 Å². The lowest BCUT2D eigenvalue weighted by Gasteiger charge is -2.29. The second-order valence-electron chi connectivity index (χ2n) is 7.86. The molecule has 0 aromatic carbocycles. The Morgan fingerprint density at radius 2 is 2.00 bits per heavy atom. The van der Waals surface area contributed by atoms with Gasteiger partial charge in [0, 0.05) is 18.5 Å². The van der Waals surface area contributed by atoms with Crippen LogP contribution in [0.3, 0.4) is 0 Å². The molecule has 0 aromatic heterocycles. The number of carbonyl (C=O) groups is 1. The third-order valence-electron chi connectivity index (χ3n) is 3.46. The number of likely N-dealkylation sites (tertiary alicyclic amines) is 1. The van der Waals surface area contributed by atoms with E-state index in [1.54, 1.807) is 9.91 Å². The van der Waals surface area contributed by atoms with Gasteiger partial charge in [0.15, 0.2) is 6.10 Å². The molecule has 0 aliphatic carbocycles. The molecule has 1 aliphatic heterocycles. The standard InChI is InChI=1S/C15H31N5O3/c1-8-19(15(5,6)7)20(22)17-23-12-9-10-18(11-12)13(21)16-14(2,3)4/h12H,8-11H2,1-7H3,(H,16,21)/b20-17-/t12-/m1/s1. The van der Waals surface area contributed by atoms with Gasteiger partial charge in [-0.3, -0.25) is 0 Å². The van der Waals surface area contributed by atoms with Crippen molar-refractivity contribution < 1.29 is 14.6 Å². The van der Waals surface area contributed by atoms with Crippen LogP contribution in [0.25, 0.3) is 0 Å². The van der Waals surface area contributed by atoms with Crippen molar-refractivity contribution in [2.24, 2.45) is 5.28 Å². The van der Waals surface area contributed by atoms with Gasteiger partial charge in [0.25, 0.3) is 0 Å². The zero-order valence-electron chi connectivity index (χ0n) is 15.4. The van der Waals surface area contributed by atoms with Crippen molar-refractivity contribution in [3.05, 3.63) is 5.21 Å². The predicted molar refractivity (Wildman–Crippen MR) is 87.5 cm³/mol. The molecule has 1 aliphatic rings. The minimum absolute atomic E-state index is 0.118. The zero-order valence-corrected chi connectivity index (χ0v) is 15.4. The van der Waals surface area contributed by atoms with E-state index < -0.39 is 0 Å². The second kappa shape index (κ2) is 7.23. The lowest BCUT2D eigenvalue weighted by atomic mass is 10.1. The van der Waals surface area contributed by atoms with Crippen LogP contribution in [0.15, 0.2) is 5.28 Å². The molecule has 0 saturated carbocycles. The second-order valence-corrected chi connectivity index (χ2v) is 7.86. The van der Waals surface area contributed by atoms with E-state index in [1.807, 2.05) is 48.5 Å². The molecule has 23 heavy (non-hydrogen) atoms. The number of nitrogens with zero attached hydrogens (tertiary/aromatic N) is 4. The highest BCUT2D eigenvalue weighted by Gasteiger charge is 2.31. The highest BCUT2D eigenvalue weighted by Crippen LogP contribution is 2.16. The van der Waals surface area contributed by atoms with E-state index >= 15 is 0 Å². The number of hydrazine groups is 1. The Balaban J connectivity index is 2.55. The average Bonchev–Trinajstić information content (AvgIpc) is 2.82. The number of hydrogen-bond acceptors (Lipinski definition) is 4. The summed E-state index contributed by atoms with van der Waals surface area (Å²) in [5.74, 6) is 0. The van der Waals surface area contributed by atoms with Crippen LogP contribution in [0.4, 0.5) is 4.79 Å². The van der Waals surface area contributed by atoms with Gasteiger partial charge in [0.2, 0.25) is 5.28 Å². The van der Waals surface area contributed by atoms with E-state index in [4.69, 9.17) is 4.84 Å². The number of urea groups is 1. The van der Waals surface area contributed by atoms with Gasteiger partial charge in [-0.25, -0.2) is 4.79 Å². The van der Waals surface area contributed by atoms with Crippen LogP contribution in [0.5, 0.6) is 0 Å². The first kappa shape index (κ1) is 19.3. The first-order valence-corrected chi connectivity index (χ1v) is 8.12. The first-order chi connectivity index (χ1) is 10.4. The Morgan fingerprint density at radius 3 is 2.48 bits per heavy atom. The van der Waals surface area contributed by atoms with Gasteiger partial charge in [0.05, 0.1) is 23.6 Å². The van der Waals surface area contributed by atoms with Crippen LogP contribution in [0.2, 0.25) is 0 Å². The number of amides is 2. The fraction of sp³-hybridized carbons (Fsp3) is 0.933. The first-order valence-electron chi connectivity index (χ1n) is 8.12. The van der Waals surface area contributed by atoms with Gasteiger partial charge >= 0.3 is 6.03 Å². The van der Waals surface area contributed by atoms with Crippen molar-refractivity contribution in [3.63, 3.8) is 0 Å². The van der Waals surface area contributed by atoms with E-state index in [2.05, 4.69) is 10.6 Å². The quantitative estimate of drug-likeness (QED) is 0.488. The lowest BCUT2D eigenvalue weighted by Crippen LogP contribution is -2.48. The van der Waals surface area contributed by atoms with Gasteiger partial charge in [0.1, 0.15) is 0 Å². The fourth-order valence-corrected chi connectivity index (χ4v) is 2.40. The van der Waals surface area contributed by atoms with Gasteiger partial charge in [-0.05, 0) is 48.5 Å². The summed E-state index contributed by atoms with van der Waals surface area (Å²) in [7, 11) is 0. The van der Waals surface area contributed by atoms with E-state index in [9.17, 15) is 10.0 Å². The highest BCUT2D eigenvalue weighted by atomic mass is 16.7. The maximum absolute atomic E-state index is 12.1. The summed E-state index contributed by atoms with van der Waals surface area (Å²) >= 11 is 0. The largest absolute Gasteiger partial charge is 0.569 e. The smallest absolute Gasteiger partial charge is 0.317 e. The van der Waals surface area contributed by atoms with Gasteiger partial charge < -0.3 is 20.3 Å². The summed E-state index contributed by atoms with van der Waals surface area (Å²) in [5, 5.41) is 20.2. The summed E-state index contributed by atoms with van der Waals surface area (Å²) in [6.07, 6.45) is 0.409. The summed E-state index contributed by atoms with van der Waals surface area (Å²) < 4.78 is 0. The summed E-state index contributed by atoms with van der Waals surface area (Å²) in [4.78, 5) is 19.6. The Labute approximate surface area is 139 Å². The number of carbonyl (C=O) groups excluding carboxylic acids is 1. The van der Waals surface area contributed by atoms with Crippen molar-refractivity contribution in [3.8, 4) is 0 Å². The summed E-state index contributed by atoms with van der Waals surface area (Å²) in [6, 6.07) is -0.118. The summed E-state index contributed by atoms with van der Waals surface area (Å²) in [5.41, 5.74) is -0.613. The molecule has 1 rings (SSSR count). The van der Waals surface area contributed by atoms with E-state index in [0.29, 0.717) is 31.0 Å². The molecule has 0 bridgehead atoms. The Kier molecular flexibility index (Phi) is 6.07. The SMILES string of the molecule is CCN(/[N+]([O-])=N/O[C@@H]1CCN(C(=O)NC(C)(C)C)C1)C(C)(C)C. The molecule has 134 valence electrons. The third kappa shape index (κ3) is 6.11. The van der Waals surface area contributed by atoms with Gasteiger partial charge in [-0.15, -0.1) is 5.01 Å². The van der Waals surface area contributed by atoms with Crippen LogP contribution in [-0.4, -0.2) is 57.7 Å². The predicted octanol–water partition coefficient (Wildman–Crippen LogP) is 2.50. The molecule has 1 N–H and O–H groups in total. The molecule has 0 unspecified atom stereocenters. The lowest BCUT2D eigenvalue weighted by molar-refractivity contribution is -0.725. The van der Waals surface area contributed by atoms with Crippen LogP contribution in [-0.2, 0) is 4.84 Å². The highest BCUT2D eigenvalue weighted by molar-refractivity contribution is 5.75. The number of rotatable bonds is 4. The van der Waals surface area contributed by atoms with E-state index in [1.165, 1.54) is 0 Å². The molecule has 0 spiro atoms. The average molecular weight is 329 g/mol. The molecule has 8 nitrogen and oxygen atoms in total. The van der Waals surface area contributed by atoms with Crippen molar-refractivity contribution in [2.45, 2.75) is 72.1 Å². The molecule has 1 saturated heterocycles. The molecule has 0 aromatic rings. The number of nitrogens with one attached hydrogen (secondary N) is 1. The minimum atomic E-state index is -0.336. The van der Waals surface area contributed by atoms with Crippen LogP contribution < -0.4 is 5.32 Å². The fourth-order valence-electron chi connectivity index (χ4n) is 2.40. The molecule has 2 amide bonds. The molecule has 1 atom stereocenters. The Hall–Kier alpha value is -1.73. The maximum atomic E-state index is 12.1. The normalized spacial score (nSPS) is 19.7. The molecule has 1 heterocycles. The minimum Gasteiger partial charge on any atom is -0.569 e. The Bertz CT molecular complexity index is 439. The Morgan fingerprint density at radius 1 is 1.39 bits per heavy atom. The molecular formula is C15H31N5O3. The molecule has 8 heteroatoms. The zero-order chi connectivity index (χ0) is 17.8. The van der Waals surface area contributed by atoms with Crippen LogP contribution in [0.1, 0.15) is 54.9 Å². The molecule has 1 fully saturated rings. The van der Waals surface area contributed by atoms with Gasteiger partial charge in [-0.2, -0.15) is 0 Å². The number of hydrogen-bond donors (Lipinski definition) is 1. The van der Waals surface area contributed by atoms with Gasteiger partial charge in [-0.1, -0.05) is 0 Å². The van der Waals surface area contributed by atoms with E-state index in [-0.39, 0.29) is 23.2 Å². The third-order valence-corrected chi connectivity index (χ3v) is 3.46. The van der Waals surface area contributed by atoms with Crippen LogP contribution in [0, 0.1) is 5.21 Å². The van der Waals surface area contributed by atoms with Crippen molar-refractivity contribution in [1.29, 1.82) is 0 Å². The van der Waals surface area contributed by atoms with Crippen molar-refractivity contribution >= 4 is 6.03 Å². The monoisotopic (exact) mass is 329 g/mol. The maximum Gasteiger partial charge on any atom is 0.317 e. The van der Waals surface area contributed by atoms with Crippen LogP contribution >= 0.6 is 0 Å². The topological polar surface area (TPSA) is 83.2 Å². The molecular weight excluding hydrogens is 298 g/mol. The van der Waals surface area contributed by atoms with Crippen molar-refractivity contribution in [1.82, 2.24) is 15.2 Å².